The zero-order valence-corrected chi connectivity index (χ0v) is 11.0. The van der Waals surface area contributed by atoms with Crippen LogP contribution in [-0.2, 0) is 11.2 Å². The van der Waals surface area contributed by atoms with Gasteiger partial charge in [-0.05, 0) is 25.0 Å². The Morgan fingerprint density at radius 3 is 3.05 bits per heavy atom. The Balaban J connectivity index is 1.98. The van der Waals surface area contributed by atoms with Gasteiger partial charge < -0.3 is 14.8 Å². The standard InChI is InChI=1S/C14H19N3O2/c1-2-11(6-8-18)16-14(19)9-12-10-17-7-4-3-5-13(17)15-12/h3-5,7,10-11,18H,2,6,8-9H2,1H3,(H,16,19). The fraction of sp³-hybridized carbons (Fsp3) is 0.429. The molecule has 2 N–H and O–H groups in total. The van der Waals surface area contributed by atoms with Crippen molar-refractivity contribution >= 4 is 11.6 Å². The smallest absolute Gasteiger partial charge is 0.226 e. The summed E-state index contributed by atoms with van der Waals surface area (Å²) < 4.78 is 1.90. The van der Waals surface area contributed by atoms with E-state index in [9.17, 15) is 4.79 Å². The fourth-order valence-electron chi connectivity index (χ4n) is 2.05. The molecule has 0 bridgehead atoms. The molecule has 0 aromatic carbocycles. The van der Waals surface area contributed by atoms with Crippen molar-refractivity contribution in [3.05, 3.63) is 36.3 Å². The second-order valence-corrected chi connectivity index (χ2v) is 4.56. The number of rotatable bonds is 6. The Morgan fingerprint density at radius 2 is 2.37 bits per heavy atom. The highest BCUT2D eigenvalue weighted by atomic mass is 16.3. The first-order valence-electron chi connectivity index (χ1n) is 6.55. The van der Waals surface area contributed by atoms with Gasteiger partial charge in [0.05, 0.1) is 12.1 Å². The van der Waals surface area contributed by atoms with Gasteiger partial charge in [-0.3, -0.25) is 4.79 Å². The Morgan fingerprint density at radius 1 is 1.53 bits per heavy atom. The summed E-state index contributed by atoms with van der Waals surface area (Å²) in [6.45, 7) is 2.08. The van der Waals surface area contributed by atoms with E-state index in [0.717, 1.165) is 17.8 Å². The molecular formula is C14H19N3O2. The third kappa shape index (κ3) is 3.54. The molecule has 0 aliphatic heterocycles. The predicted octanol–water partition coefficient (Wildman–Crippen LogP) is 1.15. The molecule has 0 saturated heterocycles. The van der Waals surface area contributed by atoms with Crippen LogP contribution in [0, 0.1) is 0 Å². The highest BCUT2D eigenvalue weighted by Crippen LogP contribution is 2.05. The molecule has 2 heterocycles. The molecule has 2 aromatic rings. The van der Waals surface area contributed by atoms with Crippen LogP contribution in [0.2, 0.25) is 0 Å². The fourth-order valence-corrected chi connectivity index (χ4v) is 2.05. The molecule has 0 saturated carbocycles. The number of aliphatic hydroxyl groups is 1. The first kappa shape index (κ1) is 13.5. The van der Waals surface area contributed by atoms with E-state index >= 15 is 0 Å². The van der Waals surface area contributed by atoms with Gasteiger partial charge in [-0.1, -0.05) is 13.0 Å². The van der Waals surface area contributed by atoms with Crippen molar-refractivity contribution in [2.24, 2.45) is 0 Å². The number of carbonyl (C=O) groups is 1. The van der Waals surface area contributed by atoms with Crippen LogP contribution in [0.25, 0.3) is 5.65 Å². The second kappa shape index (κ2) is 6.33. The molecule has 5 nitrogen and oxygen atoms in total. The molecule has 0 radical (unpaired) electrons. The van der Waals surface area contributed by atoms with E-state index in [1.807, 2.05) is 41.9 Å². The number of hydrogen-bond acceptors (Lipinski definition) is 3. The zero-order chi connectivity index (χ0) is 13.7. The monoisotopic (exact) mass is 261 g/mol. The number of pyridine rings is 1. The summed E-state index contributed by atoms with van der Waals surface area (Å²) in [7, 11) is 0. The van der Waals surface area contributed by atoms with Crippen LogP contribution in [0.5, 0.6) is 0 Å². The van der Waals surface area contributed by atoms with Crippen molar-refractivity contribution in [2.75, 3.05) is 6.61 Å². The number of nitrogens with zero attached hydrogens (tertiary/aromatic N) is 2. The van der Waals surface area contributed by atoms with Gasteiger partial charge in [0.25, 0.3) is 0 Å². The maximum absolute atomic E-state index is 11.9. The largest absolute Gasteiger partial charge is 0.396 e. The molecule has 0 fully saturated rings. The van der Waals surface area contributed by atoms with Crippen LogP contribution in [0.3, 0.4) is 0 Å². The topological polar surface area (TPSA) is 66.6 Å². The number of aliphatic hydroxyl groups excluding tert-OH is 1. The number of fused-ring (bicyclic) bond motifs is 1. The normalized spacial score (nSPS) is 12.5. The van der Waals surface area contributed by atoms with E-state index in [-0.39, 0.29) is 25.0 Å². The molecule has 2 rings (SSSR count). The maximum Gasteiger partial charge on any atom is 0.226 e. The molecule has 2 aromatic heterocycles. The van der Waals surface area contributed by atoms with Gasteiger partial charge in [-0.15, -0.1) is 0 Å². The van der Waals surface area contributed by atoms with Crippen LogP contribution in [-0.4, -0.2) is 33.0 Å². The van der Waals surface area contributed by atoms with Crippen molar-refractivity contribution in [1.82, 2.24) is 14.7 Å². The summed E-state index contributed by atoms with van der Waals surface area (Å²) in [4.78, 5) is 16.3. The number of hydrogen-bond donors (Lipinski definition) is 2. The minimum Gasteiger partial charge on any atom is -0.396 e. The molecule has 19 heavy (non-hydrogen) atoms. The van der Waals surface area contributed by atoms with Crippen molar-refractivity contribution < 1.29 is 9.90 Å². The average molecular weight is 261 g/mol. The van der Waals surface area contributed by atoms with Gasteiger partial charge in [0.15, 0.2) is 0 Å². The van der Waals surface area contributed by atoms with E-state index in [1.165, 1.54) is 0 Å². The number of imidazole rings is 1. The summed E-state index contributed by atoms with van der Waals surface area (Å²) in [6.07, 6.45) is 5.45. The number of carbonyl (C=O) groups excluding carboxylic acids is 1. The lowest BCUT2D eigenvalue weighted by atomic mass is 10.1. The van der Waals surface area contributed by atoms with Gasteiger partial charge in [-0.2, -0.15) is 0 Å². The van der Waals surface area contributed by atoms with Crippen molar-refractivity contribution in [3.8, 4) is 0 Å². The maximum atomic E-state index is 11.9. The summed E-state index contributed by atoms with van der Waals surface area (Å²) in [5, 5.41) is 11.8. The molecule has 5 heteroatoms. The average Bonchev–Trinajstić information content (AvgIpc) is 2.80. The molecule has 1 amide bonds. The first-order valence-corrected chi connectivity index (χ1v) is 6.55. The lowest BCUT2D eigenvalue weighted by Gasteiger charge is -2.14. The lowest BCUT2D eigenvalue weighted by Crippen LogP contribution is -2.36. The van der Waals surface area contributed by atoms with Crippen molar-refractivity contribution in [3.63, 3.8) is 0 Å². The molecule has 102 valence electrons. The molecule has 1 unspecified atom stereocenters. The SMILES string of the molecule is CCC(CCO)NC(=O)Cc1cn2ccccc2n1. The van der Waals surface area contributed by atoms with Crippen LogP contribution in [0.1, 0.15) is 25.5 Å². The quantitative estimate of drug-likeness (QED) is 0.820. The van der Waals surface area contributed by atoms with E-state index in [2.05, 4.69) is 10.3 Å². The Hall–Kier alpha value is -1.88. The highest BCUT2D eigenvalue weighted by molar-refractivity contribution is 5.78. The Labute approximate surface area is 112 Å². The van der Waals surface area contributed by atoms with Gasteiger partial charge in [0, 0.05) is 25.0 Å². The highest BCUT2D eigenvalue weighted by Gasteiger charge is 2.12. The van der Waals surface area contributed by atoms with Crippen LogP contribution in [0.15, 0.2) is 30.6 Å². The predicted molar refractivity (Wildman–Crippen MR) is 72.8 cm³/mol. The van der Waals surface area contributed by atoms with Crippen molar-refractivity contribution in [2.45, 2.75) is 32.2 Å². The van der Waals surface area contributed by atoms with Crippen molar-refractivity contribution in [1.29, 1.82) is 0 Å². The van der Waals surface area contributed by atoms with E-state index in [4.69, 9.17) is 5.11 Å². The van der Waals surface area contributed by atoms with E-state index < -0.39 is 0 Å². The van der Waals surface area contributed by atoms with E-state index in [1.54, 1.807) is 0 Å². The third-order valence-corrected chi connectivity index (χ3v) is 3.09. The molecule has 0 spiro atoms. The molecule has 0 aliphatic rings. The summed E-state index contributed by atoms with van der Waals surface area (Å²) in [6, 6.07) is 5.78. The summed E-state index contributed by atoms with van der Waals surface area (Å²) >= 11 is 0. The Kier molecular flexibility index (Phi) is 4.52. The molecule has 0 aliphatic carbocycles. The van der Waals surface area contributed by atoms with Gasteiger partial charge in [0.2, 0.25) is 5.91 Å². The minimum absolute atomic E-state index is 0.0366. The van der Waals surface area contributed by atoms with Gasteiger partial charge >= 0.3 is 0 Å². The number of aromatic nitrogens is 2. The van der Waals surface area contributed by atoms with Crippen LogP contribution >= 0.6 is 0 Å². The molecular weight excluding hydrogens is 242 g/mol. The minimum atomic E-state index is -0.0521. The Bertz CT molecular complexity index is 517. The lowest BCUT2D eigenvalue weighted by molar-refractivity contribution is -0.121. The molecule has 1 atom stereocenters. The van der Waals surface area contributed by atoms with Gasteiger partial charge in [-0.25, -0.2) is 4.98 Å². The van der Waals surface area contributed by atoms with Crippen LogP contribution < -0.4 is 5.32 Å². The number of nitrogens with one attached hydrogen (secondary N) is 1. The third-order valence-electron chi connectivity index (χ3n) is 3.09. The number of amides is 1. The second-order valence-electron chi connectivity index (χ2n) is 4.56. The summed E-state index contributed by atoms with van der Waals surface area (Å²) in [5.74, 6) is -0.0521. The zero-order valence-electron chi connectivity index (χ0n) is 11.0. The summed E-state index contributed by atoms with van der Waals surface area (Å²) in [5.41, 5.74) is 1.59. The first-order chi connectivity index (χ1) is 9.22. The van der Waals surface area contributed by atoms with Gasteiger partial charge in [0.1, 0.15) is 5.65 Å². The van der Waals surface area contributed by atoms with E-state index in [0.29, 0.717) is 6.42 Å². The van der Waals surface area contributed by atoms with Crippen LogP contribution in [0.4, 0.5) is 0 Å².